The van der Waals surface area contributed by atoms with E-state index in [0.717, 1.165) is 12.5 Å². The Morgan fingerprint density at radius 2 is 1.25 bits per heavy atom. The van der Waals surface area contributed by atoms with E-state index in [1.54, 1.807) is 6.92 Å². The molecule has 0 spiro atoms. The number of nitrogens with one attached hydrogen (secondary N) is 1. The summed E-state index contributed by atoms with van der Waals surface area (Å²) in [6.07, 6.45) is 2.30. The third-order valence-corrected chi connectivity index (χ3v) is 4.95. The van der Waals surface area contributed by atoms with Crippen molar-refractivity contribution in [3.05, 3.63) is 0 Å². The number of hydrogen-bond acceptors (Lipinski definition) is 4. The van der Waals surface area contributed by atoms with E-state index in [2.05, 4.69) is 6.92 Å². The van der Waals surface area contributed by atoms with Gasteiger partial charge in [-0.1, -0.05) is 13.3 Å². The van der Waals surface area contributed by atoms with E-state index in [4.69, 9.17) is 18.7 Å². The summed E-state index contributed by atoms with van der Waals surface area (Å²) in [6, 6.07) is 0.919. The van der Waals surface area contributed by atoms with Crippen LogP contribution < -0.4 is 0 Å². The van der Waals surface area contributed by atoms with Crippen LogP contribution in [0.1, 0.15) is 41.0 Å². The Kier molecular flexibility index (Phi) is 14.6. The molecule has 0 atom stereocenters. The topological polar surface area (TPSA) is 51.5 Å². The van der Waals surface area contributed by atoms with Gasteiger partial charge < -0.3 is 18.7 Å². The summed E-state index contributed by atoms with van der Waals surface area (Å²) in [5, 5.41) is 6.08. The Balaban J connectivity index is 0. The molecule has 98 valence electrons. The molecule has 16 heavy (non-hydrogen) atoms. The molecule has 0 aliphatic rings. The van der Waals surface area contributed by atoms with Gasteiger partial charge in [-0.15, -0.1) is 0 Å². The maximum atomic E-state index is 6.08. The summed E-state index contributed by atoms with van der Waals surface area (Å²) in [5.41, 5.74) is 0. The van der Waals surface area contributed by atoms with Gasteiger partial charge in [-0.3, -0.25) is 0 Å². The van der Waals surface area contributed by atoms with Gasteiger partial charge in [0.2, 0.25) is 0 Å². The molecule has 0 amide bonds. The normalized spacial score (nSPS) is 10.6. The van der Waals surface area contributed by atoms with Crippen molar-refractivity contribution in [3.63, 3.8) is 0 Å². The van der Waals surface area contributed by atoms with Crippen molar-refractivity contribution in [1.29, 1.82) is 5.41 Å². The first kappa shape index (κ1) is 18.1. The predicted octanol–water partition coefficient (Wildman–Crippen LogP) is 3.10. The highest BCUT2D eigenvalue weighted by atomic mass is 28.4. The largest absolute Gasteiger partial charge is 0.500 e. The van der Waals surface area contributed by atoms with Crippen molar-refractivity contribution in [3.8, 4) is 0 Å². The summed E-state index contributed by atoms with van der Waals surface area (Å²) in [5.74, 6) is 0. The van der Waals surface area contributed by atoms with Crippen LogP contribution in [0.15, 0.2) is 0 Å². The molecule has 0 bridgehead atoms. The first-order valence-corrected chi connectivity index (χ1v) is 7.96. The van der Waals surface area contributed by atoms with Crippen LogP contribution in [-0.4, -0.2) is 34.8 Å². The third kappa shape index (κ3) is 9.03. The summed E-state index contributed by atoms with van der Waals surface area (Å²) >= 11 is 0. The molecule has 0 rings (SSSR count). The lowest BCUT2D eigenvalue weighted by Crippen LogP contribution is -2.45. The fraction of sp³-hybridized carbons (Fsp3) is 0.909. The van der Waals surface area contributed by atoms with Crippen LogP contribution in [0.5, 0.6) is 0 Å². The lowest BCUT2D eigenvalue weighted by atomic mass is 10.6. The van der Waals surface area contributed by atoms with Crippen molar-refractivity contribution in [1.82, 2.24) is 0 Å². The maximum Gasteiger partial charge on any atom is 0.500 e. The highest BCUT2D eigenvalue weighted by Crippen LogP contribution is 2.17. The molecule has 1 N–H and O–H groups in total. The zero-order valence-corrected chi connectivity index (χ0v) is 12.3. The van der Waals surface area contributed by atoms with E-state index >= 15 is 0 Å². The second-order valence-corrected chi connectivity index (χ2v) is 5.75. The van der Waals surface area contributed by atoms with Crippen molar-refractivity contribution < 1.29 is 13.3 Å². The third-order valence-electron chi connectivity index (χ3n) is 1.65. The van der Waals surface area contributed by atoms with E-state index in [9.17, 15) is 0 Å². The van der Waals surface area contributed by atoms with Gasteiger partial charge in [0.25, 0.3) is 0 Å². The highest BCUT2D eigenvalue weighted by Gasteiger charge is 2.38. The quantitative estimate of drug-likeness (QED) is 0.531. The Hall–Kier alpha value is -0.233. The zero-order chi connectivity index (χ0) is 12.9. The van der Waals surface area contributed by atoms with E-state index in [1.807, 2.05) is 20.8 Å². The molecule has 4 nitrogen and oxygen atoms in total. The minimum Gasteiger partial charge on any atom is -0.374 e. The van der Waals surface area contributed by atoms with Crippen LogP contribution in [0.2, 0.25) is 6.04 Å². The maximum absolute atomic E-state index is 6.08. The van der Waals surface area contributed by atoms with Crippen molar-refractivity contribution in [2.75, 3.05) is 19.8 Å². The highest BCUT2D eigenvalue weighted by molar-refractivity contribution is 6.60. The zero-order valence-electron chi connectivity index (χ0n) is 11.3. The molecule has 0 aliphatic carbocycles. The number of rotatable bonds is 8. The van der Waals surface area contributed by atoms with Gasteiger partial charge in [0.05, 0.1) is 0 Å². The van der Waals surface area contributed by atoms with Gasteiger partial charge in [-0.25, -0.2) is 0 Å². The SMILES string of the molecule is CC=N.CCC[Si](OCC)(OCC)OCC. The number of hydrogen-bond donors (Lipinski definition) is 1. The fourth-order valence-corrected chi connectivity index (χ4v) is 3.92. The van der Waals surface area contributed by atoms with Gasteiger partial charge in [-0.2, -0.15) is 0 Å². The summed E-state index contributed by atoms with van der Waals surface area (Å²) in [4.78, 5) is 0. The standard InChI is InChI=1S/C9H22O3Si.C2H5N/c1-5-9-13(10-6-2,11-7-3)12-8-4;1-2-3/h5-9H2,1-4H3;2-3H,1H3. The van der Waals surface area contributed by atoms with E-state index in [-0.39, 0.29) is 0 Å². The van der Waals surface area contributed by atoms with Crippen LogP contribution in [0, 0.1) is 5.41 Å². The molecule has 0 unspecified atom stereocenters. The van der Waals surface area contributed by atoms with Gasteiger partial charge in [0, 0.05) is 25.9 Å². The smallest absolute Gasteiger partial charge is 0.374 e. The average Bonchev–Trinajstić information content (AvgIpc) is 2.20. The Morgan fingerprint density at radius 3 is 1.44 bits per heavy atom. The Morgan fingerprint density at radius 1 is 0.938 bits per heavy atom. The van der Waals surface area contributed by atoms with Crippen LogP contribution in [-0.2, 0) is 13.3 Å². The van der Waals surface area contributed by atoms with E-state index in [0.29, 0.717) is 19.8 Å². The fourth-order valence-electron chi connectivity index (χ4n) is 1.31. The Labute approximate surface area is 101 Å². The van der Waals surface area contributed by atoms with Gasteiger partial charge in [0.15, 0.2) is 0 Å². The first-order chi connectivity index (χ1) is 7.66. The summed E-state index contributed by atoms with van der Waals surface area (Å²) < 4.78 is 16.9. The molecule has 0 aromatic carbocycles. The average molecular weight is 249 g/mol. The Bertz CT molecular complexity index is 127. The van der Waals surface area contributed by atoms with Crippen molar-refractivity contribution in [2.24, 2.45) is 0 Å². The second kappa shape index (κ2) is 12.8. The molecule has 0 aromatic rings. The lowest BCUT2D eigenvalue weighted by molar-refractivity contribution is 0.0712. The molecule has 0 saturated heterocycles. The van der Waals surface area contributed by atoms with E-state index < -0.39 is 8.80 Å². The van der Waals surface area contributed by atoms with Crippen molar-refractivity contribution in [2.45, 2.75) is 47.1 Å². The van der Waals surface area contributed by atoms with E-state index in [1.165, 1.54) is 6.21 Å². The molecule has 0 saturated carbocycles. The van der Waals surface area contributed by atoms with Gasteiger partial charge >= 0.3 is 8.80 Å². The molecule has 0 fully saturated rings. The van der Waals surface area contributed by atoms with Crippen LogP contribution in [0.25, 0.3) is 0 Å². The van der Waals surface area contributed by atoms with Crippen LogP contribution in [0.3, 0.4) is 0 Å². The van der Waals surface area contributed by atoms with Gasteiger partial charge in [0.1, 0.15) is 0 Å². The minimum atomic E-state index is -2.30. The molecule has 5 heteroatoms. The second-order valence-electron chi connectivity index (χ2n) is 3.02. The van der Waals surface area contributed by atoms with Gasteiger partial charge in [-0.05, 0) is 33.9 Å². The monoisotopic (exact) mass is 249 g/mol. The lowest BCUT2D eigenvalue weighted by Gasteiger charge is -2.27. The molecule has 0 radical (unpaired) electrons. The van der Waals surface area contributed by atoms with Crippen LogP contribution in [0.4, 0.5) is 0 Å². The summed E-state index contributed by atoms with van der Waals surface area (Å²) in [7, 11) is -2.30. The van der Waals surface area contributed by atoms with Crippen molar-refractivity contribution >= 4 is 15.0 Å². The molecule has 0 heterocycles. The molecular formula is C11H27NO3Si. The van der Waals surface area contributed by atoms with Crippen LogP contribution >= 0.6 is 0 Å². The predicted molar refractivity (Wildman–Crippen MR) is 70.2 cm³/mol. The molecule has 0 aromatic heterocycles. The first-order valence-electron chi connectivity index (χ1n) is 6.03. The molecular weight excluding hydrogens is 222 g/mol. The summed E-state index contributed by atoms with van der Waals surface area (Å²) in [6.45, 7) is 11.8. The molecule has 0 aliphatic heterocycles. The minimum absolute atomic E-state index is 0.673.